The van der Waals surface area contributed by atoms with Gasteiger partial charge in [-0.3, -0.25) is 0 Å². The number of carbonyl (C=O) groups is 1. The molecule has 1 aromatic rings. The lowest BCUT2D eigenvalue weighted by Crippen LogP contribution is -2.06. The monoisotopic (exact) mass is 167 g/mol. The van der Waals surface area contributed by atoms with Crippen LogP contribution in [0.1, 0.15) is 17.3 Å². The van der Waals surface area contributed by atoms with Crippen LogP contribution in [0.15, 0.2) is 18.2 Å². The van der Waals surface area contributed by atoms with Crippen molar-refractivity contribution in [1.82, 2.24) is 0 Å². The molecule has 1 rings (SSSR count). The van der Waals surface area contributed by atoms with Gasteiger partial charge in [0.25, 0.3) is 0 Å². The normalized spacial score (nSPS) is 9.50. The van der Waals surface area contributed by atoms with Crippen molar-refractivity contribution in [3.63, 3.8) is 0 Å². The van der Waals surface area contributed by atoms with E-state index in [2.05, 4.69) is 10.8 Å². The van der Waals surface area contributed by atoms with Gasteiger partial charge in [0, 0.05) is 0 Å². The second kappa shape index (κ2) is 3.85. The number of halogens is 1. The van der Waals surface area contributed by atoms with Gasteiger partial charge in [-0.05, 0) is 25.1 Å². The summed E-state index contributed by atoms with van der Waals surface area (Å²) in [4.78, 5) is 11.0. The molecule has 12 heavy (non-hydrogen) atoms. The molecule has 0 bridgehead atoms. The van der Waals surface area contributed by atoms with Crippen molar-refractivity contribution in [3.05, 3.63) is 35.6 Å². The molecule has 0 atom stereocenters. The zero-order valence-electron chi connectivity index (χ0n) is 6.63. The highest BCUT2D eigenvalue weighted by Gasteiger charge is 2.10. The number of benzene rings is 1. The van der Waals surface area contributed by atoms with E-state index in [9.17, 15) is 9.18 Å². The van der Waals surface area contributed by atoms with Gasteiger partial charge >= 0.3 is 5.97 Å². The van der Waals surface area contributed by atoms with Gasteiger partial charge in [0.05, 0.1) is 12.2 Å². The number of hydrogen-bond acceptors (Lipinski definition) is 2. The fraction of sp³-hybridized carbons (Fsp3) is 0.222. The minimum absolute atomic E-state index is 0.0457. The van der Waals surface area contributed by atoms with Crippen LogP contribution in [0.2, 0.25) is 0 Å². The van der Waals surface area contributed by atoms with E-state index in [1.54, 1.807) is 6.92 Å². The first-order chi connectivity index (χ1) is 5.75. The highest BCUT2D eigenvalue weighted by molar-refractivity contribution is 5.89. The molecule has 1 aromatic carbocycles. The standard InChI is InChI=1S/C9H8FO2/c1-2-12-9(11)7-5-3-4-6-8(7)10/h3,5-6H,2H2,1H3. The average molecular weight is 167 g/mol. The fourth-order valence-corrected chi connectivity index (χ4v) is 0.784. The summed E-state index contributed by atoms with van der Waals surface area (Å²) in [6.07, 6.45) is 0. The second-order valence-corrected chi connectivity index (χ2v) is 2.13. The van der Waals surface area contributed by atoms with Crippen molar-refractivity contribution in [3.8, 4) is 0 Å². The predicted molar refractivity (Wildman–Crippen MR) is 41.2 cm³/mol. The lowest BCUT2D eigenvalue weighted by atomic mass is 10.2. The zero-order valence-corrected chi connectivity index (χ0v) is 6.63. The Morgan fingerprint density at radius 1 is 1.75 bits per heavy atom. The van der Waals surface area contributed by atoms with Gasteiger partial charge in [0.1, 0.15) is 5.82 Å². The van der Waals surface area contributed by atoms with E-state index in [4.69, 9.17) is 0 Å². The molecule has 0 saturated carbocycles. The molecule has 0 aliphatic heterocycles. The Balaban J connectivity index is 2.87. The molecular formula is C9H8FO2. The van der Waals surface area contributed by atoms with Crippen LogP contribution < -0.4 is 0 Å². The molecule has 0 saturated heterocycles. The molecule has 0 unspecified atom stereocenters. The fourth-order valence-electron chi connectivity index (χ4n) is 0.784. The van der Waals surface area contributed by atoms with E-state index >= 15 is 0 Å². The molecule has 3 heteroatoms. The summed E-state index contributed by atoms with van der Waals surface area (Å²) in [7, 11) is 0. The summed E-state index contributed by atoms with van der Waals surface area (Å²) in [5.74, 6) is -1.24. The molecule has 1 radical (unpaired) electrons. The average Bonchev–Trinajstić information content (AvgIpc) is 2.05. The highest BCUT2D eigenvalue weighted by atomic mass is 19.1. The Morgan fingerprint density at radius 3 is 3.08 bits per heavy atom. The molecule has 0 aliphatic carbocycles. The molecule has 0 amide bonds. The Hall–Kier alpha value is -1.38. The molecule has 0 fully saturated rings. The Labute approximate surface area is 70.0 Å². The third-order valence-electron chi connectivity index (χ3n) is 1.31. The quantitative estimate of drug-likeness (QED) is 0.628. The van der Waals surface area contributed by atoms with Gasteiger partial charge in [-0.15, -0.1) is 0 Å². The largest absolute Gasteiger partial charge is 0.462 e. The maximum Gasteiger partial charge on any atom is 0.341 e. The van der Waals surface area contributed by atoms with Crippen LogP contribution in [-0.2, 0) is 4.74 Å². The molecule has 0 heterocycles. The van der Waals surface area contributed by atoms with Gasteiger partial charge < -0.3 is 4.74 Å². The Kier molecular flexibility index (Phi) is 2.80. The molecule has 0 N–H and O–H groups in total. The summed E-state index contributed by atoms with van der Waals surface area (Å²) >= 11 is 0. The highest BCUT2D eigenvalue weighted by Crippen LogP contribution is 2.06. The van der Waals surface area contributed by atoms with Crippen molar-refractivity contribution in [2.24, 2.45) is 0 Å². The van der Waals surface area contributed by atoms with Crippen LogP contribution in [-0.4, -0.2) is 12.6 Å². The molecule has 63 valence electrons. The van der Waals surface area contributed by atoms with Crippen LogP contribution in [0.25, 0.3) is 0 Å². The minimum Gasteiger partial charge on any atom is -0.462 e. The molecule has 2 nitrogen and oxygen atoms in total. The van der Waals surface area contributed by atoms with Gasteiger partial charge in [-0.25, -0.2) is 9.18 Å². The summed E-state index contributed by atoms with van der Waals surface area (Å²) in [6, 6.07) is 6.43. The van der Waals surface area contributed by atoms with Crippen molar-refractivity contribution in [2.45, 2.75) is 6.92 Å². The van der Waals surface area contributed by atoms with Gasteiger partial charge in [-0.2, -0.15) is 0 Å². The van der Waals surface area contributed by atoms with E-state index in [1.807, 2.05) is 0 Å². The third kappa shape index (κ3) is 1.81. The number of ether oxygens (including phenoxy) is 1. The molecule has 0 spiro atoms. The van der Waals surface area contributed by atoms with Gasteiger partial charge in [0.15, 0.2) is 0 Å². The van der Waals surface area contributed by atoms with Crippen LogP contribution in [0.4, 0.5) is 4.39 Å². The second-order valence-electron chi connectivity index (χ2n) is 2.13. The zero-order chi connectivity index (χ0) is 8.97. The summed E-state index contributed by atoms with van der Waals surface area (Å²) in [6.45, 7) is 1.92. The smallest absolute Gasteiger partial charge is 0.341 e. The van der Waals surface area contributed by atoms with E-state index in [-0.39, 0.29) is 12.2 Å². The first-order valence-electron chi connectivity index (χ1n) is 3.58. The van der Waals surface area contributed by atoms with Crippen molar-refractivity contribution < 1.29 is 13.9 Å². The summed E-state index contributed by atoms with van der Waals surface area (Å²) < 4.78 is 17.4. The number of rotatable bonds is 2. The molecule has 0 aliphatic rings. The van der Waals surface area contributed by atoms with E-state index in [1.165, 1.54) is 12.1 Å². The first-order valence-corrected chi connectivity index (χ1v) is 3.58. The lowest BCUT2D eigenvalue weighted by molar-refractivity contribution is 0.0521. The Bertz CT molecular complexity index is 284. The predicted octanol–water partition coefficient (Wildman–Crippen LogP) is 1.80. The van der Waals surface area contributed by atoms with Crippen LogP contribution in [0, 0.1) is 11.9 Å². The van der Waals surface area contributed by atoms with Crippen molar-refractivity contribution in [1.29, 1.82) is 0 Å². The van der Waals surface area contributed by atoms with Crippen molar-refractivity contribution >= 4 is 5.97 Å². The van der Waals surface area contributed by atoms with Gasteiger partial charge in [-0.1, -0.05) is 6.07 Å². The number of carbonyl (C=O) groups excluding carboxylic acids is 1. The van der Waals surface area contributed by atoms with Crippen LogP contribution >= 0.6 is 0 Å². The first kappa shape index (κ1) is 8.71. The lowest BCUT2D eigenvalue weighted by Gasteiger charge is -2.01. The van der Waals surface area contributed by atoms with Crippen molar-refractivity contribution in [2.75, 3.05) is 6.61 Å². The number of esters is 1. The maximum atomic E-state index is 12.8. The number of hydrogen-bond donors (Lipinski definition) is 0. The minimum atomic E-state index is -0.635. The van der Waals surface area contributed by atoms with E-state index < -0.39 is 11.8 Å². The van der Waals surface area contributed by atoms with E-state index in [0.29, 0.717) is 0 Å². The third-order valence-corrected chi connectivity index (χ3v) is 1.31. The maximum absolute atomic E-state index is 12.8. The molecular weight excluding hydrogens is 159 g/mol. The topological polar surface area (TPSA) is 26.3 Å². The van der Waals surface area contributed by atoms with Crippen LogP contribution in [0.3, 0.4) is 0 Å². The van der Waals surface area contributed by atoms with Crippen LogP contribution in [0.5, 0.6) is 0 Å². The van der Waals surface area contributed by atoms with Gasteiger partial charge in [0.2, 0.25) is 0 Å². The summed E-state index contributed by atoms with van der Waals surface area (Å²) in [5, 5.41) is 0. The Morgan fingerprint density at radius 2 is 2.50 bits per heavy atom. The van der Waals surface area contributed by atoms with E-state index in [0.717, 1.165) is 6.07 Å². The SMILES string of the molecule is CCOC(=O)c1cc[c]cc1F. The molecule has 0 aromatic heterocycles. The summed E-state index contributed by atoms with van der Waals surface area (Å²) in [5.41, 5.74) is -0.0457.